The Kier molecular flexibility index (Phi) is 3.24. The van der Waals surface area contributed by atoms with Crippen molar-refractivity contribution in [2.45, 2.75) is 25.0 Å². The molecule has 0 aromatic carbocycles. The van der Waals surface area contributed by atoms with Crippen LogP contribution in [0.3, 0.4) is 0 Å². The van der Waals surface area contributed by atoms with Gasteiger partial charge >= 0.3 is 0 Å². The average molecular weight is 235 g/mol. The molecule has 2 aromatic heterocycles. The highest BCUT2D eigenvalue weighted by atomic mass is 32.2. The number of rotatable bonds is 3. The van der Waals surface area contributed by atoms with Gasteiger partial charge in [-0.15, -0.1) is 0 Å². The predicted molar refractivity (Wildman–Crippen MR) is 65.9 cm³/mol. The molecule has 5 heteroatoms. The Morgan fingerprint density at radius 2 is 2.31 bits per heavy atom. The minimum atomic E-state index is 0.00398. The maximum absolute atomic E-state index is 12.2. The van der Waals surface area contributed by atoms with E-state index in [0.29, 0.717) is 17.6 Å². The maximum atomic E-state index is 12.2. The van der Waals surface area contributed by atoms with Crippen LogP contribution in [0.15, 0.2) is 28.3 Å². The van der Waals surface area contributed by atoms with Crippen LogP contribution in [0, 0.1) is 0 Å². The first-order valence-corrected chi connectivity index (χ1v) is 6.40. The first-order chi connectivity index (χ1) is 7.77. The summed E-state index contributed by atoms with van der Waals surface area (Å²) in [6, 6.07) is 3.54. The molecule has 0 amide bonds. The first-order valence-electron chi connectivity index (χ1n) is 5.17. The van der Waals surface area contributed by atoms with Crippen LogP contribution in [0.4, 0.5) is 0 Å². The van der Waals surface area contributed by atoms with E-state index in [9.17, 15) is 4.79 Å². The topological polar surface area (TPSA) is 47.8 Å². The minimum absolute atomic E-state index is 0.00398. The fraction of sp³-hybridized carbons (Fsp3) is 0.364. The van der Waals surface area contributed by atoms with E-state index >= 15 is 0 Å². The summed E-state index contributed by atoms with van der Waals surface area (Å²) in [5, 5.41) is 1.33. The van der Waals surface area contributed by atoms with Gasteiger partial charge in [-0.2, -0.15) is 0 Å². The van der Waals surface area contributed by atoms with Crippen molar-refractivity contribution in [1.29, 1.82) is 0 Å². The fourth-order valence-electron chi connectivity index (χ4n) is 1.61. The summed E-state index contributed by atoms with van der Waals surface area (Å²) in [5.41, 5.74) is 0.536. The van der Waals surface area contributed by atoms with Crippen LogP contribution in [0.25, 0.3) is 11.0 Å². The maximum Gasteiger partial charge on any atom is 0.263 e. The van der Waals surface area contributed by atoms with Gasteiger partial charge in [-0.3, -0.25) is 9.36 Å². The standard InChI is InChI=1S/C11H13N3OS/c1-3-7-14-10(15)8-5-4-6-12-9(8)13-11(14)16-2/h4-6H,3,7H2,1-2H3. The Morgan fingerprint density at radius 1 is 1.50 bits per heavy atom. The van der Waals surface area contributed by atoms with E-state index in [1.165, 1.54) is 11.8 Å². The van der Waals surface area contributed by atoms with Crippen molar-refractivity contribution in [3.05, 3.63) is 28.7 Å². The zero-order chi connectivity index (χ0) is 11.5. The van der Waals surface area contributed by atoms with Crippen LogP contribution in [0.1, 0.15) is 13.3 Å². The summed E-state index contributed by atoms with van der Waals surface area (Å²) < 4.78 is 1.72. The van der Waals surface area contributed by atoms with Gasteiger partial charge in [0.1, 0.15) is 0 Å². The van der Waals surface area contributed by atoms with Gasteiger partial charge in [0.05, 0.1) is 5.39 Å². The van der Waals surface area contributed by atoms with Gasteiger partial charge in [-0.25, -0.2) is 9.97 Å². The quantitative estimate of drug-likeness (QED) is 0.602. The van der Waals surface area contributed by atoms with E-state index in [1.54, 1.807) is 22.9 Å². The lowest BCUT2D eigenvalue weighted by atomic mass is 10.3. The predicted octanol–water partition coefficient (Wildman–Crippen LogP) is 1.92. The molecule has 0 spiro atoms. The van der Waals surface area contributed by atoms with Crippen molar-refractivity contribution < 1.29 is 0 Å². The Bertz CT molecular complexity index is 565. The summed E-state index contributed by atoms with van der Waals surface area (Å²) >= 11 is 1.48. The fourth-order valence-corrected chi connectivity index (χ4v) is 2.19. The zero-order valence-electron chi connectivity index (χ0n) is 9.30. The second kappa shape index (κ2) is 4.65. The first kappa shape index (κ1) is 11.1. The molecule has 0 saturated heterocycles. The van der Waals surface area contributed by atoms with Crippen LogP contribution < -0.4 is 5.56 Å². The third kappa shape index (κ3) is 1.82. The number of thioether (sulfide) groups is 1. The van der Waals surface area contributed by atoms with Crippen LogP contribution in [-0.4, -0.2) is 20.8 Å². The summed E-state index contributed by atoms with van der Waals surface area (Å²) in [5.74, 6) is 0. The van der Waals surface area contributed by atoms with Gasteiger partial charge in [0.2, 0.25) is 0 Å². The largest absolute Gasteiger partial charge is 0.287 e. The van der Waals surface area contributed by atoms with Crippen molar-refractivity contribution in [2.75, 3.05) is 6.26 Å². The second-order valence-electron chi connectivity index (χ2n) is 3.43. The molecule has 0 aliphatic rings. The molecular weight excluding hydrogens is 222 g/mol. The number of pyridine rings is 1. The smallest absolute Gasteiger partial charge is 0.263 e. The van der Waals surface area contributed by atoms with Crippen molar-refractivity contribution in [3.8, 4) is 0 Å². The van der Waals surface area contributed by atoms with E-state index in [-0.39, 0.29) is 5.56 Å². The summed E-state index contributed by atoms with van der Waals surface area (Å²) in [6.07, 6.45) is 4.49. The van der Waals surface area contributed by atoms with Crippen molar-refractivity contribution in [2.24, 2.45) is 0 Å². The minimum Gasteiger partial charge on any atom is -0.287 e. The molecule has 0 atom stereocenters. The molecule has 0 aliphatic heterocycles. The summed E-state index contributed by atoms with van der Waals surface area (Å²) in [7, 11) is 0. The highest BCUT2D eigenvalue weighted by Crippen LogP contribution is 2.13. The SMILES string of the molecule is CCCn1c(SC)nc2ncccc2c1=O. The van der Waals surface area contributed by atoms with Crippen LogP contribution in [0.5, 0.6) is 0 Å². The summed E-state index contributed by atoms with van der Waals surface area (Å²) in [6.45, 7) is 2.75. The van der Waals surface area contributed by atoms with Gasteiger partial charge in [0.25, 0.3) is 5.56 Å². The molecule has 0 aliphatic carbocycles. The van der Waals surface area contributed by atoms with Gasteiger partial charge in [0, 0.05) is 12.7 Å². The van der Waals surface area contributed by atoms with Crippen molar-refractivity contribution in [3.63, 3.8) is 0 Å². The Hall–Kier alpha value is -1.36. The van der Waals surface area contributed by atoms with Crippen molar-refractivity contribution in [1.82, 2.24) is 14.5 Å². The van der Waals surface area contributed by atoms with E-state index in [2.05, 4.69) is 9.97 Å². The molecule has 0 fully saturated rings. The van der Waals surface area contributed by atoms with E-state index in [4.69, 9.17) is 0 Å². The Balaban J connectivity index is 2.77. The molecular formula is C11H13N3OS. The van der Waals surface area contributed by atoms with Gasteiger partial charge < -0.3 is 0 Å². The molecule has 16 heavy (non-hydrogen) atoms. The second-order valence-corrected chi connectivity index (χ2v) is 4.20. The van der Waals surface area contributed by atoms with Crippen molar-refractivity contribution >= 4 is 22.8 Å². The molecule has 2 rings (SSSR count). The van der Waals surface area contributed by atoms with E-state index in [1.807, 2.05) is 13.2 Å². The van der Waals surface area contributed by atoms with E-state index < -0.39 is 0 Å². The van der Waals surface area contributed by atoms with Crippen LogP contribution in [0.2, 0.25) is 0 Å². The number of aromatic nitrogens is 3. The number of fused-ring (bicyclic) bond motifs is 1. The van der Waals surface area contributed by atoms with Gasteiger partial charge in [-0.1, -0.05) is 18.7 Å². The lowest BCUT2D eigenvalue weighted by Crippen LogP contribution is -2.23. The molecule has 0 N–H and O–H groups in total. The number of hydrogen-bond donors (Lipinski definition) is 0. The molecule has 0 bridgehead atoms. The van der Waals surface area contributed by atoms with Crippen LogP contribution in [-0.2, 0) is 6.54 Å². The number of hydrogen-bond acceptors (Lipinski definition) is 4. The highest BCUT2D eigenvalue weighted by Gasteiger charge is 2.09. The molecule has 0 unspecified atom stereocenters. The molecule has 2 heterocycles. The third-order valence-corrected chi connectivity index (χ3v) is 3.00. The normalized spacial score (nSPS) is 10.9. The number of nitrogens with zero attached hydrogens (tertiary/aromatic N) is 3. The molecule has 0 radical (unpaired) electrons. The lowest BCUT2D eigenvalue weighted by molar-refractivity contribution is 0.584. The van der Waals surface area contributed by atoms with E-state index in [0.717, 1.165) is 11.6 Å². The molecule has 0 saturated carbocycles. The van der Waals surface area contributed by atoms with Gasteiger partial charge in [-0.05, 0) is 24.8 Å². The Labute approximate surface area is 97.7 Å². The molecule has 84 valence electrons. The lowest BCUT2D eigenvalue weighted by Gasteiger charge is -2.09. The molecule has 2 aromatic rings. The molecule has 4 nitrogen and oxygen atoms in total. The summed E-state index contributed by atoms with van der Waals surface area (Å²) in [4.78, 5) is 20.7. The average Bonchev–Trinajstić information content (AvgIpc) is 2.33. The monoisotopic (exact) mass is 235 g/mol. The van der Waals surface area contributed by atoms with Crippen LogP contribution >= 0.6 is 11.8 Å². The zero-order valence-corrected chi connectivity index (χ0v) is 10.1. The highest BCUT2D eigenvalue weighted by molar-refractivity contribution is 7.98. The third-order valence-electron chi connectivity index (χ3n) is 2.32. The Morgan fingerprint density at radius 3 is 3.00 bits per heavy atom. The van der Waals surface area contributed by atoms with Gasteiger partial charge in [0.15, 0.2) is 10.8 Å².